The predicted molar refractivity (Wildman–Crippen MR) is 210 cm³/mol. The van der Waals surface area contributed by atoms with E-state index in [1.807, 2.05) is 0 Å². The Bertz CT molecular complexity index is 764. The van der Waals surface area contributed by atoms with Crippen LogP contribution >= 0.6 is 0 Å². The van der Waals surface area contributed by atoms with Crippen molar-refractivity contribution in [3.05, 3.63) is 0 Å². The van der Waals surface area contributed by atoms with Gasteiger partial charge < -0.3 is 14.2 Å². The maximum atomic E-state index is 12.6. The lowest BCUT2D eigenvalue weighted by atomic mass is 10.0. The van der Waals surface area contributed by atoms with Gasteiger partial charge in [-0.05, 0) is 31.1 Å². The van der Waals surface area contributed by atoms with Crippen molar-refractivity contribution in [1.82, 2.24) is 0 Å². The van der Waals surface area contributed by atoms with Crippen LogP contribution in [-0.2, 0) is 28.6 Å². The Morgan fingerprint density at radius 3 is 0.980 bits per heavy atom. The fourth-order valence-electron chi connectivity index (χ4n) is 6.40. The number of esters is 3. The molecule has 0 amide bonds. The smallest absolute Gasteiger partial charge is 0.306 e. The van der Waals surface area contributed by atoms with Crippen molar-refractivity contribution in [3.63, 3.8) is 0 Å². The number of unbranched alkanes of at least 4 members (excludes halogenated alkanes) is 23. The number of carbonyl (C=O) groups is 3. The number of carbonyl (C=O) groups excluding carboxylic acids is 3. The van der Waals surface area contributed by atoms with Crippen LogP contribution in [0.2, 0.25) is 0 Å². The van der Waals surface area contributed by atoms with E-state index in [-0.39, 0.29) is 31.1 Å². The van der Waals surface area contributed by atoms with Gasteiger partial charge in [0.15, 0.2) is 6.10 Å². The number of hydrogen-bond donors (Lipinski definition) is 0. The Morgan fingerprint density at radius 2 is 0.660 bits per heavy atom. The molecule has 50 heavy (non-hydrogen) atoms. The molecule has 0 fully saturated rings. The molecule has 0 saturated heterocycles. The van der Waals surface area contributed by atoms with Crippen LogP contribution < -0.4 is 0 Å². The van der Waals surface area contributed by atoms with E-state index in [9.17, 15) is 14.4 Å². The van der Waals surface area contributed by atoms with E-state index in [0.29, 0.717) is 19.3 Å². The lowest BCUT2D eigenvalue weighted by Gasteiger charge is -2.18. The molecule has 6 heteroatoms. The quantitative estimate of drug-likeness (QED) is 0.0361. The first-order valence-corrected chi connectivity index (χ1v) is 21.7. The zero-order valence-electron chi connectivity index (χ0n) is 34.0. The van der Waals surface area contributed by atoms with Crippen LogP contribution in [0.25, 0.3) is 0 Å². The second-order valence-electron chi connectivity index (χ2n) is 15.9. The first-order chi connectivity index (χ1) is 24.2. The maximum Gasteiger partial charge on any atom is 0.306 e. The van der Waals surface area contributed by atoms with Gasteiger partial charge in [0.25, 0.3) is 0 Å². The number of hydrogen-bond acceptors (Lipinski definition) is 6. The van der Waals surface area contributed by atoms with Gasteiger partial charge in [-0.1, -0.05) is 195 Å². The second kappa shape index (κ2) is 37.2. The molecule has 0 aromatic rings. The SMILES string of the molecule is CCCCCCCC(=O)OC[C@H](COC(=O)CCCCCCCCC(C)C)OC(=O)CCCCCCCCCCCCCCCCCC(C)C. The van der Waals surface area contributed by atoms with E-state index < -0.39 is 6.10 Å². The van der Waals surface area contributed by atoms with Crippen molar-refractivity contribution in [3.8, 4) is 0 Å². The normalized spacial score (nSPS) is 12.1. The molecule has 0 saturated carbocycles. The Kier molecular flexibility index (Phi) is 36.0. The lowest BCUT2D eigenvalue weighted by Crippen LogP contribution is -2.30. The Labute approximate surface area is 310 Å². The van der Waals surface area contributed by atoms with Crippen LogP contribution in [0.5, 0.6) is 0 Å². The summed E-state index contributed by atoms with van der Waals surface area (Å²) in [4.78, 5) is 37.3. The fraction of sp³-hybridized carbons (Fsp3) is 0.932. The van der Waals surface area contributed by atoms with Gasteiger partial charge in [0.05, 0.1) is 0 Å². The van der Waals surface area contributed by atoms with Gasteiger partial charge in [0.2, 0.25) is 0 Å². The number of rotatable bonds is 38. The van der Waals surface area contributed by atoms with Gasteiger partial charge in [-0.25, -0.2) is 0 Å². The molecule has 0 bridgehead atoms. The minimum absolute atomic E-state index is 0.0675. The van der Waals surface area contributed by atoms with Gasteiger partial charge >= 0.3 is 17.9 Å². The Balaban J connectivity index is 4.14. The molecule has 0 aliphatic carbocycles. The molecule has 0 rings (SSSR count). The van der Waals surface area contributed by atoms with Crippen LogP contribution in [0.3, 0.4) is 0 Å². The van der Waals surface area contributed by atoms with Crippen molar-refractivity contribution >= 4 is 17.9 Å². The molecule has 0 heterocycles. The van der Waals surface area contributed by atoms with E-state index in [1.165, 1.54) is 116 Å². The van der Waals surface area contributed by atoms with Crippen LogP contribution in [0.15, 0.2) is 0 Å². The summed E-state index contributed by atoms with van der Waals surface area (Å²) in [7, 11) is 0. The monoisotopic (exact) mass is 709 g/mol. The predicted octanol–water partition coefficient (Wildman–Crippen LogP) is 13.4. The average molecular weight is 709 g/mol. The van der Waals surface area contributed by atoms with Crippen LogP contribution in [0, 0.1) is 11.8 Å². The summed E-state index contributed by atoms with van der Waals surface area (Å²) < 4.78 is 16.6. The first-order valence-electron chi connectivity index (χ1n) is 21.7. The first kappa shape index (κ1) is 48.4. The Hall–Kier alpha value is -1.59. The summed E-state index contributed by atoms with van der Waals surface area (Å²) in [6.45, 7) is 11.2. The van der Waals surface area contributed by atoms with E-state index in [4.69, 9.17) is 14.2 Å². The molecule has 0 aromatic heterocycles. The maximum absolute atomic E-state index is 12.6. The summed E-state index contributed by atoms with van der Waals surface area (Å²) in [5, 5.41) is 0. The molecule has 0 aliphatic rings. The Morgan fingerprint density at radius 1 is 0.380 bits per heavy atom. The van der Waals surface area contributed by atoms with Gasteiger partial charge in [0, 0.05) is 19.3 Å². The zero-order valence-corrected chi connectivity index (χ0v) is 34.0. The molecule has 0 aromatic carbocycles. The van der Waals surface area contributed by atoms with E-state index in [2.05, 4.69) is 34.6 Å². The molecule has 0 aliphatic heterocycles. The van der Waals surface area contributed by atoms with Crippen LogP contribution in [-0.4, -0.2) is 37.2 Å². The summed E-state index contributed by atoms with van der Waals surface area (Å²) in [6.07, 6.45) is 34.2. The third-order valence-corrected chi connectivity index (χ3v) is 9.72. The minimum Gasteiger partial charge on any atom is -0.462 e. The molecular weight excluding hydrogens is 624 g/mol. The highest BCUT2D eigenvalue weighted by Gasteiger charge is 2.19. The highest BCUT2D eigenvalue weighted by Crippen LogP contribution is 2.16. The third-order valence-electron chi connectivity index (χ3n) is 9.72. The molecule has 6 nitrogen and oxygen atoms in total. The van der Waals surface area contributed by atoms with Crippen molar-refractivity contribution in [2.24, 2.45) is 11.8 Å². The fourth-order valence-corrected chi connectivity index (χ4v) is 6.40. The lowest BCUT2D eigenvalue weighted by molar-refractivity contribution is -0.167. The van der Waals surface area contributed by atoms with E-state index >= 15 is 0 Å². The summed E-state index contributed by atoms with van der Waals surface area (Å²) in [5.74, 6) is 0.733. The molecular formula is C44H84O6. The minimum atomic E-state index is -0.758. The third kappa shape index (κ3) is 37.7. The zero-order chi connectivity index (χ0) is 36.9. The molecule has 0 spiro atoms. The van der Waals surface area contributed by atoms with Crippen molar-refractivity contribution in [2.75, 3.05) is 13.2 Å². The second-order valence-corrected chi connectivity index (χ2v) is 15.9. The van der Waals surface area contributed by atoms with Gasteiger partial charge in [-0.15, -0.1) is 0 Å². The van der Waals surface area contributed by atoms with Crippen LogP contribution in [0.4, 0.5) is 0 Å². The average Bonchev–Trinajstić information content (AvgIpc) is 3.08. The van der Waals surface area contributed by atoms with E-state index in [0.717, 1.165) is 76.0 Å². The topological polar surface area (TPSA) is 78.9 Å². The molecule has 0 radical (unpaired) electrons. The van der Waals surface area contributed by atoms with Crippen molar-refractivity contribution in [2.45, 2.75) is 240 Å². The van der Waals surface area contributed by atoms with Crippen molar-refractivity contribution in [1.29, 1.82) is 0 Å². The molecule has 1 atom stereocenters. The summed E-state index contributed by atoms with van der Waals surface area (Å²) in [5.41, 5.74) is 0. The highest BCUT2D eigenvalue weighted by atomic mass is 16.6. The van der Waals surface area contributed by atoms with Gasteiger partial charge in [-0.3, -0.25) is 14.4 Å². The van der Waals surface area contributed by atoms with Gasteiger partial charge in [0.1, 0.15) is 13.2 Å². The number of ether oxygens (including phenoxy) is 3. The molecule has 296 valence electrons. The molecule has 0 unspecified atom stereocenters. The highest BCUT2D eigenvalue weighted by molar-refractivity contribution is 5.71. The van der Waals surface area contributed by atoms with E-state index in [1.54, 1.807) is 0 Å². The van der Waals surface area contributed by atoms with Gasteiger partial charge in [-0.2, -0.15) is 0 Å². The summed E-state index contributed by atoms with van der Waals surface area (Å²) >= 11 is 0. The largest absolute Gasteiger partial charge is 0.462 e. The van der Waals surface area contributed by atoms with Crippen molar-refractivity contribution < 1.29 is 28.6 Å². The standard InChI is InChI=1S/C44H84O6/c1-6-7-8-22-29-34-42(45)48-37-41(38-49-43(46)35-30-25-21-20-24-28-33-40(4)5)50-44(47)36-31-26-19-17-15-13-11-9-10-12-14-16-18-23-27-32-39(2)3/h39-41H,6-38H2,1-5H3/t41-/m1/s1. The molecule has 0 N–H and O–H groups in total. The summed E-state index contributed by atoms with van der Waals surface area (Å²) in [6, 6.07) is 0. The van der Waals surface area contributed by atoms with Crippen LogP contribution in [0.1, 0.15) is 234 Å².